The highest BCUT2D eigenvalue weighted by molar-refractivity contribution is 5.14. The first-order valence-electron chi connectivity index (χ1n) is 7.53. The molecular weight excluding hydrogens is 236 g/mol. The Kier molecular flexibility index (Phi) is 4.63. The summed E-state index contributed by atoms with van der Waals surface area (Å²) in [6, 6.07) is 2.48. The molecule has 2 rings (SSSR count). The molecule has 1 aliphatic heterocycles. The van der Waals surface area contributed by atoms with Crippen molar-refractivity contribution >= 4 is 0 Å². The molecule has 0 spiro atoms. The third-order valence-corrected chi connectivity index (χ3v) is 4.38. The van der Waals surface area contributed by atoms with Crippen molar-refractivity contribution < 1.29 is 0 Å². The lowest BCUT2D eigenvalue weighted by Crippen LogP contribution is -2.52. The molecule has 1 aliphatic rings. The standard InChI is InChI=1S/C15H28N4/c1-5-9-16-14(13-8-10-17-18(13)4)15(2,3)19-11-6-7-12-19/h8,10,14,16H,5-7,9,11-12H2,1-4H3. The van der Waals surface area contributed by atoms with Gasteiger partial charge in [-0.05, 0) is 58.8 Å². The second-order valence-corrected chi connectivity index (χ2v) is 6.11. The molecule has 1 aromatic rings. The van der Waals surface area contributed by atoms with Gasteiger partial charge in [0.05, 0.1) is 11.7 Å². The zero-order valence-electron chi connectivity index (χ0n) is 12.8. The van der Waals surface area contributed by atoms with Crippen LogP contribution in [0.1, 0.15) is 51.8 Å². The van der Waals surface area contributed by atoms with E-state index in [1.807, 2.05) is 17.9 Å². The largest absolute Gasteiger partial charge is 0.307 e. The van der Waals surface area contributed by atoms with E-state index < -0.39 is 0 Å². The predicted molar refractivity (Wildman–Crippen MR) is 79.1 cm³/mol. The van der Waals surface area contributed by atoms with Crippen LogP contribution in [0.3, 0.4) is 0 Å². The Labute approximate surface area is 117 Å². The molecule has 108 valence electrons. The molecule has 1 atom stereocenters. The summed E-state index contributed by atoms with van der Waals surface area (Å²) >= 11 is 0. The molecule has 0 radical (unpaired) electrons. The van der Waals surface area contributed by atoms with Crippen LogP contribution in [0.4, 0.5) is 0 Å². The Morgan fingerprint density at radius 3 is 2.58 bits per heavy atom. The molecule has 19 heavy (non-hydrogen) atoms. The van der Waals surface area contributed by atoms with Gasteiger partial charge < -0.3 is 5.32 Å². The van der Waals surface area contributed by atoms with Crippen LogP contribution in [0, 0.1) is 0 Å². The Bertz CT molecular complexity index is 391. The first kappa shape index (κ1) is 14.5. The summed E-state index contributed by atoms with van der Waals surface area (Å²) in [6.45, 7) is 10.4. The third-order valence-electron chi connectivity index (χ3n) is 4.38. The predicted octanol–water partition coefficient (Wildman–Crippen LogP) is 2.34. The monoisotopic (exact) mass is 264 g/mol. The summed E-state index contributed by atoms with van der Waals surface area (Å²) in [5, 5.41) is 8.07. The molecule has 1 aromatic heterocycles. The van der Waals surface area contributed by atoms with Gasteiger partial charge in [-0.3, -0.25) is 9.58 Å². The van der Waals surface area contributed by atoms with E-state index in [2.05, 4.69) is 42.2 Å². The molecule has 4 heteroatoms. The minimum absolute atomic E-state index is 0.124. The van der Waals surface area contributed by atoms with E-state index in [1.165, 1.54) is 31.6 Å². The summed E-state index contributed by atoms with van der Waals surface area (Å²) in [4.78, 5) is 2.62. The van der Waals surface area contributed by atoms with E-state index in [-0.39, 0.29) is 5.54 Å². The molecule has 4 nitrogen and oxygen atoms in total. The van der Waals surface area contributed by atoms with Crippen LogP contribution in [0.2, 0.25) is 0 Å². The molecule has 2 heterocycles. The summed E-state index contributed by atoms with van der Waals surface area (Å²) in [5.41, 5.74) is 1.41. The number of aryl methyl sites for hydroxylation is 1. The van der Waals surface area contributed by atoms with E-state index in [0.29, 0.717) is 6.04 Å². The van der Waals surface area contributed by atoms with Crippen LogP contribution < -0.4 is 5.32 Å². The van der Waals surface area contributed by atoms with E-state index in [4.69, 9.17) is 0 Å². The first-order valence-corrected chi connectivity index (χ1v) is 7.53. The molecule has 0 saturated carbocycles. The van der Waals surface area contributed by atoms with Crippen LogP contribution in [0.5, 0.6) is 0 Å². The minimum Gasteiger partial charge on any atom is -0.307 e. The van der Waals surface area contributed by atoms with Gasteiger partial charge >= 0.3 is 0 Å². The van der Waals surface area contributed by atoms with Gasteiger partial charge in [-0.15, -0.1) is 0 Å². The van der Waals surface area contributed by atoms with Crippen molar-refractivity contribution in [3.05, 3.63) is 18.0 Å². The highest BCUT2D eigenvalue weighted by atomic mass is 15.3. The van der Waals surface area contributed by atoms with Crippen molar-refractivity contribution in [1.82, 2.24) is 20.0 Å². The van der Waals surface area contributed by atoms with Crippen molar-refractivity contribution in [3.63, 3.8) is 0 Å². The van der Waals surface area contributed by atoms with Crippen molar-refractivity contribution in [2.75, 3.05) is 19.6 Å². The van der Waals surface area contributed by atoms with Crippen LogP contribution in [-0.4, -0.2) is 39.9 Å². The Morgan fingerprint density at radius 2 is 2.05 bits per heavy atom. The van der Waals surface area contributed by atoms with Crippen molar-refractivity contribution in [2.24, 2.45) is 7.05 Å². The van der Waals surface area contributed by atoms with E-state index >= 15 is 0 Å². The average molecular weight is 264 g/mol. The quantitative estimate of drug-likeness (QED) is 0.856. The summed E-state index contributed by atoms with van der Waals surface area (Å²) in [7, 11) is 2.04. The van der Waals surface area contributed by atoms with Gasteiger partial charge in [0, 0.05) is 18.8 Å². The number of nitrogens with zero attached hydrogens (tertiary/aromatic N) is 3. The van der Waals surface area contributed by atoms with Gasteiger partial charge in [0.1, 0.15) is 0 Å². The Hall–Kier alpha value is -0.870. The average Bonchev–Trinajstić information content (AvgIpc) is 3.01. The lowest BCUT2D eigenvalue weighted by molar-refractivity contribution is 0.103. The number of likely N-dealkylation sites (tertiary alicyclic amines) is 1. The summed E-state index contributed by atoms with van der Waals surface area (Å²) in [5.74, 6) is 0. The van der Waals surface area contributed by atoms with Crippen LogP contribution in [0.15, 0.2) is 12.3 Å². The number of hydrogen-bond donors (Lipinski definition) is 1. The molecule has 1 fully saturated rings. The molecule has 0 aromatic carbocycles. The second-order valence-electron chi connectivity index (χ2n) is 6.11. The van der Waals surface area contributed by atoms with Crippen molar-refractivity contribution in [2.45, 2.75) is 51.6 Å². The number of hydrogen-bond acceptors (Lipinski definition) is 3. The fourth-order valence-corrected chi connectivity index (χ4v) is 3.15. The zero-order valence-corrected chi connectivity index (χ0v) is 12.8. The smallest absolute Gasteiger partial charge is 0.0673 e. The van der Waals surface area contributed by atoms with Gasteiger partial charge in [-0.1, -0.05) is 6.92 Å². The molecule has 0 amide bonds. The lowest BCUT2D eigenvalue weighted by atomic mass is 9.89. The zero-order chi connectivity index (χ0) is 13.9. The number of rotatable bonds is 6. The molecule has 1 N–H and O–H groups in total. The minimum atomic E-state index is 0.124. The highest BCUT2D eigenvalue weighted by Crippen LogP contribution is 2.33. The Balaban J connectivity index is 2.23. The van der Waals surface area contributed by atoms with Gasteiger partial charge in [0.25, 0.3) is 0 Å². The van der Waals surface area contributed by atoms with Crippen LogP contribution in [-0.2, 0) is 7.05 Å². The highest BCUT2D eigenvalue weighted by Gasteiger charge is 2.38. The van der Waals surface area contributed by atoms with E-state index in [0.717, 1.165) is 13.0 Å². The fraction of sp³-hybridized carbons (Fsp3) is 0.800. The molecule has 0 aliphatic carbocycles. The van der Waals surface area contributed by atoms with E-state index in [1.54, 1.807) is 0 Å². The fourth-order valence-electron chi connectivity index (χ4n) is 3.15. The number of aromatic nitrogens is 2. The maximum Gasteiger partial charge on any atom is 0.0673 e. The summed E-state index contributed by atoms with van der Waals surface area (Å²) < 4.78 is 2.01. The van der Waals surface area contributed by atoms with Crippen molar-refractivity contribution in [1.29, 1.82) is 0 Å². The maximum atomic E-state index is 4.34. The normalized spacial score (nSPS) is 18.9. The molecule has 1 unspecified atom stereocenters. The van der Waals surface area contributed by atoms with Crippen molar-refractivity contribution in [3.8, 4) is 0 Å². The second kappa shape index (κ2) is 6.06. The van der Waals surface area contributed by atoms with Gasteiger partial charge in [0.15, 0.2) is 0 Å². The first-order chi connectivity index (χ1) is 9.07. The van der Waals surface area contributed by atoms with Gasteiger partial charge in [-0.2, -0.15) is 5.10 Å². The topological polar surface area (TPSA) is 33.1 Å². The van der Waals surface area contributed by atoms with Crippen LogP contribution in [0.25, 0.3) is 0 Å². The Morgan fingerprint density at radius 1 is 1.37 bits per heavy atom. The van der Waals surface area contributed by atoms with E-state index in [9.17, 15) is 0 Å². The SMILES string of the molecule is CCCNC(c1ccnn1C)C(C)(C)N1CCCC1. The third kappa shape index (κ3) is 3.00. The molecular formula is C15H28N4. The lowest BCUT2D eigenvalue weighted by Gasteiger charge is -2.42. The molecule has 0 bridgehead atoms. The summed E-state index contributed by atoms with van der Waals surface area (Å²) in [6.07, 6.45) is 5.71. The number of nitrogens with one attached hydrogen (secondary N) is 1. The van der Waals surface area contributed by atoms with Gasteiger partial charge in [0.2, 0.25) is 0 Å². The maximum absolute atomic E-state index is 4.34. The van der Waals surface area contributed by atoms with Crippen LogP contribution >= 0.6 is 0 Å². The molecule has 1 saturated heterocycles. The van der Waals surface area contributed by atoms with Gasteiger partial charge in [-0.25, -0.2) is 0 Å².